The molecule has 3 N–H and O–H groups in total. The summed E-state index contributed by atoms with van der Waals surface area (Å²) in [5.74, 6) is 1.01. The van der Waals surface area contributed by atoms with E-state index in [4.69, 9.17) is 0 Å². The van der Waals surface area contributed by atoms with Crippen molar-refractivity contribution in [3.8, 4) is 5.75 Å². The van der Waals surface area contributed by atoms with Crippen LogP contribution >= 0.6 is 0 Å². The van der Waals surface area contributed by atoms with Gasteiger partial charge in [0.25, 0.3) is 0 Å². The van der Waals surface area contributed by atoms with Crippen LogP contribution in [0.1, 0.15) is 48.8 Å². The van der Waals surface area contributed by atoms with Gasteiger partial charge in [-0.1, -0.05) is 12.8 Å². The Labute approximate surface area is 120 Å². The molecule has 1 saturated carbocycles. The molecule has 108 valence electrons. The van der Waals surface area contributed by atoms with E-state index < -0.39 is 0 Å². The van der Waals surface area contributed by atoms with Gasteiger partial charge in [0.1, 0.15) is 5.75 Å². The summed E-state index contributed by atoms with van der Waals surface area (Å²) >= 11 is 0. The second kappa shape index (κ2) is 4.47. The van der Waals surface area contributed by atoms with E-state index in [0.717, 1.165) is 18.9 Å². The lowest BCUT2D eigenvalue weighted by Crippen LogP contribution is -2.59. The van der Waals surface area contributed by atoms with Crippen LogP contribution in [0.3, 0.4) is 0 Å². The first kappa shape index (κ1) is 12.7. The van der Waals surface area contributed by atoms with E-state index >= 15 is 0 Å². The Kier molecular flexibility index (Phi) is 2.83. The highest BCUT2D eigenvalue weighted by Crippen LogP contribution is 2.54. The maximum Gasteiger partial charge on any atom is 0.121 e. The number of phenols is 1. The molecule has 1 aromatic carbocycles. The van der Waals surface area contributed by atoms with Crippen molar-refractivity contribution in [2.24, 2.45) is 5.92 Å². The fourth-order valence-electron chi connectivity index (χ4n) is 5.15. The number of aromatic hydroxyl groups is 1. The third-order valence-corrected chi connectivity index (χ3v) is 6.01. The molecule has 1 aliphatic heterocycles. The zero-order chi connectivity index (χ0) is 13.7. The minimum atomic E-state index is -0.0758. The third kappa shape index (κ3) is 1.60. The van der Waals surface area contributed by atoms with E-state index in [1.54, 1.807) is 0 Å². The maximum atomic E-state index is 10.2. The number of aliphatic hydroxyl groups is 1. The van der Waals surface area contributed by atoms with Gasteiger partial charge in [-0.15, -0.1) is 0 Å². The number of benzene rings is 1. The topological polar surface area (TPSA) is 52.5 Å². The van der Waals surface area contributed by atoms with Crippen LogP contribution in [0, 0.1) is 5.92 Å². The number of aliphatic hydroxyl groups excluding tert-OH is 1. The van der Waals surface area contributed by atoms with Crippen LogP contribution in [0.15, 0.2) is 12.1 Å². The van der Waals surface area contributed by atoms with Gasteiger partial charge in [-0.2, -0.15) is 0 Å². The number of hydrogen-bond acceptors (Lipinski definition) is 3. The molecule has 0 radical (unpaired) electrons. The molecule has 2 aliphatic carbocycles. The van der Waals surface area contributed by atoms with Gasteiger partial charge in [0.15, 0.2) is 0 Å². The molecule has 3 nitrogen and oxygen atoms in total. The van der Waals surface area contributed by atoms with Gasteiger partial charge in [0, 0.05) is 17.0 Å². The molecule has 2 fully saturated rings. The molecule has 1 aromatic rings. The Morgan fingerprint density at radius 3 is 3.00 bits per heavy atom. The molecule has 1 heterocycles. The van der Waals surface area contributed by atoms with Crippen molar-refractivity contribution >= 4 is 0 Å². The molecule has 3 aliphatic rings. The van der Waals surface area contributed by atoms with Crippen LogP contribution in [0.2, 0.25) is 0 Å². The molecule has 0 amide bonds. The van der Waals surface area contributed by atoms with Crippen LogP contribution in [0.25, 0.3) is 0 Å². The van der Waals surface area contributed by atoms with Crippen LogP contribution in [-0.2, 0) is 18.4 Å². The maximum absolute atomic E-state index is 10.2. The van der Waals surface area contributed by atoms with E-state index in [1.807, 2.05) is 12.1 Å². The summed E-state index contributed by atoms with van der Waals surface area (Å²) in [6.45, 7) is 1.02. The number of piperidine rings is 1. The summed E-state index contributed by atoms with van der Waals surface area (Å²) in [5, 5.41) is 23.3. The molecule has 3 atom stereocenters. The van der Waals surface area contributed by atoms with Gasteiger partial charge < -0.3 is 15.5 Å². The molecule has 1 saturated heterocycles. The molecule has 0 aromatic heterocycles. The molecular weight excluding hydrogens is 250 g/mol. The first-order chi connectivity index (χ1) is 9.74. The first-order valence-electron chi connectivity index (χ1n) is 7.94. The Balaban J connectivity index is 1.89. The highest BCUT2D eigenvalue weighted by molar-refractivity contribution is 5.49. The summed E-state index contributed by atoms with van der Waals surface area (Å²) in [6.07, 6.45) is 7.49. The van der Waals surface area contributed by atoms with Crippen LogP contribution in [0.5, 0.6) is 5.75 Å². The first-order valence-corrected chi connectivity index (χ1v) is 7.94. The summed E-state index contributed by atoms with van der Waals surface area (Å²) in [4.78, 5) is 0. The molecular formula is C17H23NO2. The molecule has 20 heavy (non-hydrogen) atoms. The van der Waals surface area contributed by atoms with Gasteiger partial charge in [-0.25, -0.2) is 0 Å². The van der Waals surface area contributed by atoms with Crippen LogP contribution in [-0.4, -0.2) is 22.8 Å². The van der Waals surface area contributed by atoms with Gasteiger partial charge in [0.2, 0.25) is 0 Å². The summed E-state index contributed by atoms with van der Waals surface area (Å²) < 4.78 is 0. The lowest BCUT2D eigenvalue weighted by atomic mass is 9.52. The monoisotopic (exact) mass is 273 g/mol. The predicted octanol–water partition coefficient (Wildman–Crippen LogP) is 2.23. The van der Waals surface area contributed by atoms with E-state index in [2.05, 4.69) is 5.32 Å². The largest absolute Gasteiger partial charge is 0.508 e. The predicted molar refractivity (Wildman–Crippen MR) is 77.8 cm³/mol. The van der Waals surface area contributed by atoms with Crippen molar-refractivity contribution in [2.75, 3.05) is 6.54 Å². The molecule has 3 heteroatoms. The Bertz CT molecular complexity index is 538. The highest BCUT2D eigenvalue weighted by Gasteiger charge is 2.51. The molecule has 4 rings (SSSR count). The molecule has 2 bridgehead atoms. The molecule has 0 spiro atoms. The number of rotatable bonds is 1. The molecule has 0 unspecified atom stereocenters. The fraction of sp³-hybridized carbons (Fsp3) is 0.647. The fourth-order valence-corrected chi connectivity index (χ4v) is 5.15. The standard InChI is InChI=1S/C17H23NO2/c19-10-12-7-11-8-15-13-3-1-2-4-17(13,5-6-18-15)14(11)9-16(12)20/h7,9,13,15,18-20H,1-6,8,10H2/t13-,15+,17+/m0/s1. The second-order valence-corrected chi connectivity index (χ2v) is 6.82. The summed E-state index contributed by atoms with van der Waals surface area (Å²) in [7, 11) is 0. The Morgan fingerprint density at radius 2 is 2.15 bits per heavy atom. The normalized spacial score (nSPS) is 35.2. The van der Waals surface area contributed by atoms with E-state index in [0.29, 0.717) is 11.6 Å². The highest BCUT2D eigenvalue weighted by atomic mass is 16.3. The Hall–Kier alpha value is -1.06. The second-order valence-electron chi connectivity index (χ2n) is 6.82. The van der Waals surface area contributed by atoms with Gasteiger partial charge in [-0.05, 0) is 61.4 Å². The van der Waals surface area contributed by atoms with Crippen molar-refractivity contribution in [3.05, 3.63) is 28.8 Å². The SMILES string of the molecule is OCc1cc2c(cc1O)[C@@]13CCCC[C@H]1[C@@H](C2)NCC3. The summed E-state index contributed by atoms with van der Waals surface area (Å²) in [5.41, 5.74) is 3.69. The van der Waals surface area contributed by atoms with Crippen LogP contribution < -0.4 is 5.32 Å². The van der Waals surface area contributed by atoms with E-state index in [1.165, 1.54) is 43.2 Å². The van der Waals surface area contributed by atoms with Crippen molar-refractivity contribution in [1.29, 1.82) is 0 Å². The minimum absolute atomic E-state index is 0.0758. The third-order valence-electron chi connectivity index (χ3n) is 6.01. The smallest absolute Gasteiger partial charge is 0.121 e. The number of hydrogen-bond donors (Lipinski definition) is 3. The summed E-state index contributed by atoms with van der Waals surface area (Å²) in [6, 6.07) is 4.60. The van der Waals surface area contributed by atoms with E-state index in [9.17, 15) is 10.2 Å². The lowest BCUT2D eigenvalue weighted by Gasteiger charge is -2.56. The number of nitrogens with one attached hydrogen (secondary N) is 1. The van der Waals surface area contributed by atoms with Gasteiger partial charge in [-0.3, -0.25) is 0 Å². The minimum Gasteiger partial charge on any atom is -0.508 e. The lowest BCUT2D eigenvalue weighted by molar-refractivity contribution is 0.0794. The average Bonchev–Trinajstić information content (AvgIpc) is 2.48. The average molecular weight is 273 g/mol. The Morgan fingerprint density at radius 1 is 1.25 bits per heavy atom. The quantitative estimate of drug-likeness (QED) is 0.735. The van der Waals surface area contributed by atoms with Crippen molar-refractivity contribution < 1.29 is 10.2 Å². The van der Waals surface area contributed by atoms with Gasteiger partial charge in [0.05, 0.1) is 6.61 Å². The van der Waals surface area contributed by atoms with Gasteiger partial charge >= 0.3 is 0 Å². The van der Waals surface area contributed by atoms with Crippen molar-refractivity contribution in [1.82, 2.24) is 5.32 Å². The van der Waals surface area contributed by atoms with Crippen molar-refractivity contribution in [3.63, 3.8) is 0 Å². The van der Waals surface area contributed by atoms with Crippen molar-refractivity contribution in [2.45, 2.75) is 56.6 Å². The zero-order valence-corrected chi connectivity index (χ0v) is 11.9. The zero-order valence-electron chi connectivity index (χ0n) is 11.9. The number of fused-ring (bicyclic) bond motifs is 1. The van der Waals surface area contributed by atoms with E-state index in [-0.39, 0.29) is 17.8 Å². The van der Waals surface area contributed by atoms with Crippen LogP contribution in [0.4, 0.5) is 0 Å².